The molecule has 41 heavy (non-hydrogen) atoms. The Morgan fingerprint density at radius 2 is 1.41 bits per heavy atom. The molecule has 0 unspecified atom stereocenters. The molecule has 3 rings (SSSR count). The summed E-state index contributed by atoms with van der Waals surface area (Å²) in [5.74, 6) is -0.122. The van der Waals surface area contributed by atoms with Crippen molar-refractivity contribution >= 4 is 5.97 Å². The summed E-state index contributed by atoms with van der Waals surface area (Å²) in [4.78, 5) is 24.4. The maximum atomic E-state index is 12.8. The molecule has 222 valence electrons. The summed E-state index contributed by atoms with van der Waals surface area (Å²) in [6.45, 7) is 3.94. The topological polar surface area (TPSA) is 133 Å². The fourth-order valence-corrected chi connectivity index (χ4v) is 3.83. The summed E-state index contributed by atoms with van der Waals surface area (Å²) in [5.41, 5.74) is 8.59. The SMILES string of the molecule is COC(=O)[C@@H](N)Cc1ccc(-c2c(OCCOCCOCCOCCOCc3ccccc3)cnn(C)c2=O)cc1. The van der Waals surface area contributed by atoms with Gasteiger partial charge in [-0.1, -0.05) is 54.6 Å². The number of aromatic nitrogens is 2. The van der Waals surface area contributed by atoms with Crippen molar-refractivity contribution in [2.75, 3.05) is 60.0 Å². The molecule has 1 heterocycles. The van der Waals surface area contributed by atoms with Gasteiger partial charge in [-0.15, -0.1) is 0 Å². The lowest BCUT2D eigenvalue weighted by atomic mass is 10.0. The third kappa shape index (κ3) is 11.1. The van der Waals surface area contributed by atoms with Crippen molar-refractivity contribution in [1.82, 2.24) is 9.78 Å². The number of esters is 1. The van der Waals surface area contributed by atoms with Crippen LogP contribution in [-0.2, 0) is 48.6 Å². The molecule has 0 fully saturated rings. The van der Waals surface area contributed by atoms with E-state index in [1.54, 1.807) is 19.2 Å². The van der Waals surface area contributed by atoms with E-state index in [1.165, 1.54) is 18.0 Å². The number of hydrogen-bond donors (Lipinski definition) is 1. The molecule has 2 N–H and O–H groups in total. The number of nitrogens with zero attached hydrogens (tertiary/aromatic N) is 2. The maximum absolute atomic E-state index is 12.8. The minimum Gasteiger partial charge on any atom is -0.489 e. The zero-order valence-electron chi connectivity index (χ0n) is 23.7. The van der Waals surface area contributed by atoms with Gasteiger partial charge < -0.3 is 34.2 Å². The Morgan fingerprint density at radius 3 is 2.02 bits per heavy atom. The molecule has 0 aliphatic heterocycles. The number of carbonyl (C=O) groups is 1. The van der Waals surface area contributed by atoms with Crippen LogP contribution < -0.4 is 16.0 Å². The number of carbonyl (C=O) groups excluding carboxylic acids is 1. The molecule has 3 aromatic rings. The van der Waals surface area contributed by atoms with Gasteiger partial charge >= 0.3 is 5.97 Å². The number of hydrogen-bond acceptors (Lipinski definition) is 10. The Balaban J connectivity index is 1.31. The summed E-state index contributed by atoms with van der Waals surface area (Å²) in [7, 11) is 2.88. The lowest BCUT2D eigenvalue weighted by molar-refractivity contribution is -0.142. The summed E-state index contributed by atoms with van der Waals surface area (Å²) in [6, 6.07) is 16.5. The molecule has 0 saturated heterocycles. The van der Waals surface area contributed by atoms with Crippen molar-refractivity contribution in [2.45, 2.75) is 19.1 Å². The number of benzene rings is 2. The predicted molar refractivity (Wildman–Crippen MR) is 153 cm³/mol. The highest BCUT2D eigenvalue weighted by atomic mass is 16.6. The first-order valence-corrected chi connectivity index (χ1v) is 13.5. The monoisotopic (exact) mass is 569 g/mol. The lowest BCUT2D eigenvalue weighted by Crippen LogP contribution is -2.33. The highest BCUT2D eigenvalue weighted by Crippen LogP contribution is 2.26. The Kier molecular flexibility index (Phi) is 14.0. The van der Waals surface area contributed by atoms with Gasteiger partial charge in [0.1, 0.15) is 12.6 Å². The molecular formula is C30H39N3O8. The molecule has 0 saturated carbocycles. The van der Waals surface area contributed by atoms with Crippen LogP contribution in [0.1, 0.15) is 11.1 Å². The first-order chi connectivity index (χ1) is 20.0. The summed E-state index contributed by atoms with van der Waals surface area (Å²) >= 11 is 0. The second kappa shape index (κ2) is 17.9. The van der Waals surface area contributed by atoms with Crippen LogP contribution in [0.25, 0.3) is 11.1 Å². The maximum Gasteiger partial charge on any atom is 0.322 e. The Hall–Kier alpha value is -3.61. The van der Waals surface area contributed by atoms with E-state index in [4.69, 9.17) is 29.4 Å². The van der Waals surface area contributed by atoms with Gasteiger partial charge in [-0.3, -0.25) is 9.59 Å². The van der Waals surface area contributed by atoms with Crippen LogP contribution in [0.4, 0.5) is 0 Å². The summed E-state index contributed by atoms with van der Waals surface area (Å²) in [6.07, 6.45) is 1.83. The molecule has 0 spiro atoms. The molecule has 11 heteroatoms. The number of aryl methyl sites for hydroxylation is 1. The minimum absolute atomic E-state index is 0.236. The number of ether oxygens (including phenoxy) is 6. The van der Waals surface area contributed by atoms with Crippen LogP contribution in [-0.4, -0.2) is 81.8 Å². The third-order valence-corrected chi connectivity index (χ3v) is 6.02. The van der Waals surface area contributed by atoms with Gasteiger partial charge in [0, 0.05) is 7.05 Å². The first-order valence-electron chi connectivity index (χ1n) is 13.5. The average Bonchev–Trinajstić information content (AvgIpc) is 2.99. The van der Waals surface area contributed by atoms with Crippen LogP contribution in [0.5, 0.6) is 5.75 Å². The molecule has 0 bridgehead atoms. The van der Waals surface area contributed by atoms with E-state index in [9.17, 15) is 9.59 Å². The lowest BCUT2D eigenvalue weighted by Gasteiger charge is -2.13. The molecule has 1 atom stereocenters. The number of nitrogens with two attached hydrogens (primary N) is 1. The summed E-state index contributed by atoms with van der Waals surface area (Å²) < 4.78 is 33.9. The van der Waals surface area contributed by atoms with Gasteiger partial charge in [-0.05, 0) is 23.1 Å². The van der Waals surface area contributed by atoms with E-state index in [0.29, 0.717) is 76.2 Å². The Bertz CT molecular complexity index is 1230. The number of methoxy groups -OCH3 is 1. The molecule has 0 aliphatic rings. The van der Waals surface area contributed by atoms with Crippen molar-refractivity contribution in [3.63, 3.8) is 0 Å². The number of rotatable bonds is 19. The molecular weight excluding hydrogens is 530 g/mol. The van der Waals surface area contributed by atoms with Crippen LogP contribution in [0, 0.1) is 0 Å². The van der Waals surface area contributed by atoms with Crippen molar-refractivity contribution < 1.29 is 33.2 Å². The van der Waals surface area contributed by atoms with E-state index >= 15 is 0 Å². The Morgan fingerprint density at radius 1 is 0.829 bits per heavy atom. The second-order valence-electron chi connectivity index (χ2n) is 9.07. The predicted octanol–water partition coefficient (Wildman–Crippen LogP) is 2.14. The van der Waals surface area contributed by atoms with Crippen LogP contribution in [0.3, 0.4) is 0 Å². The van der Waals surface area contributed by atoms with Gasteiger partial charge in [0.05, 0.1) is 71.7 Å². The third-order valence-electron chi connectivity index (χ3n) is 6.02. The van der Waals surface area contributed by atoms with Crippen molar-refractivity contribution in [3.05, 3.63) is 82.3 Å². The molecule has 11 nitrogen and oxygen atoms in total. The van der Waals surface area contributed by atoms with Crippen molar-refractivity contribution in [1.29, 1.82) is 0 Å². The highest BCUT2D eigenvalue weighted by Gasteiger charge is 2.16. The van der Waals surface area contributed by atoms with Gasteiger partial charge in [-0.25, -0.2) is 4.68 Å². The van der Waals surface area contributed by atoms with Gasteiger partial charge in [0.15, 0.2) is 5.75 Å². The molecule has 0 amide bonds. The summed E-state index contributed by atoms with van der Waals surface area (Å²) in [5, 5.41) is 4.08. The molecule has 1 aromatic heterocycles. The molecule has 0 radical (unpaired) electrons. The quantitative estimate of drug-likeness (QED) is 0.169. The van der Waals surface area contributed by atoms with Gasteiger partial charge in [0.25, 0.3) is 5.56 Å². The van der Waals surface area contributed by atoms with Crippen LogP contribution in [0.15, 0.2) is 65.6 Å². The highest BCUT2D eigenvalue weighted by molar-refractivity contribution is 5.76. The van der Waals surface area contributed by atoms with Crippen molar-refractivity contribution in [2.24, 2.45) is 12.8 Å². The second-order valence-corrected chi connectivity index (χ2v) is 9.07. The van der Waals surface area contributed by atoms with E-state index in [1.807, 2.05) is 42.5 Å². The zero-order valence-corrected chi connectivity index (χ0v) is 23.7. The standard InChI is InChI=1S/C30H39N3O8/c1-33-29(34)28(25-10-8-23(9-11-25)20-26(31)30(35)36-2)27(21-32-33)41-19-18-39-15-14-37-12-13-38-16-17-40-22-24-6-4-3-5-7-24/h3-11,21,26H,12-20,22,31H2,1-2H3/t26-/m0/s1. The largest absolute Gasteiger partial charge is 0.489 e. The molecule has 2 aromatic carbocycles. The normalized spacial score (nSPS) is 11.8. The average molecular weight is 570 g/mol. The smallest absolute Gasteiger partial charge is 0.322 e. The Labute approximate surface area is 240 Å². The first kappa shape index (κ1) is 31.9. The van der Waals surface area contributed by atoms with Crippen LogP contribution >= 0.6 is 0 Å². The van der Waals surface area contributed by atoms with Gasteiger partial charge in [-0.2, -0.15) is 5.10 Å². The minimum atomic E-state index is -0.757. The van der Waals surface area contributed by atoms with Crippen LogP contribution in [0.2, 0.25) is 0 Å². The van der Waals surface area contributed by atoms with E-state index in [-0.39, 0.29) is 12.2 Å². The molecule has 0 aliphatic carbocycles. The fourth-order valence-electron chi connectivity index (χ4n) is 3.83. The van der Waals surface area contributed by atoms with E-state index in [0.717, 1.165) is 11.1 Å². The zero-order chi connectivity index (χ0) is 29.3. The van der Waals surface area contributed by atoms with Gasteiger partial charge in [0.2, 0.25) is 0 Å². The van der Waals surface area contributed by atoms with E-state index < -0.39 is 12.0 Å². The van der Waals surface area contributed by atoms with E-state index in [2.05, 4.69) is 9.84 Å². The van der Waals surface area contributed by atoms with Crippen molar-refractivity contribution in [3.8, 4) is 16.9 Å². The fraction of sp³-hybridized carbons (Fsp3) is 0.433.